The Hall–Kier alpha value is -3.92. The van der Waals surface area contributed by atoms with E-state index in [1.807, 2.05) is 36.4 Å². The van der Waals surface area contributed by atoms with Gasteiger partial charge in [0, 0.05) is 49.9 Å². The maximum Gasteiger partial charge on any atom is 0.433 e. The van der Waals surface area contributed by atoms with E-state index < -0.39 is 11.9 Å². The number of thioether (sulfide) groups is 1. The van der Waals surface area contributed by atoms with Crippen molar-refractivity contribution in [3.8, 4) is 0 Å². The Bertz CT molecular complexity index is 1320. The van der Waals surface area contributed by atoms with Crippen LogP contribution in [0.5, 0.6) is 0 Å². The number of carbonyl (C=O) groups excluding carboxylic acids is 1. The summed E-state index contributed by atoms with van der Waals surface area (Å²) in [5.41, 5.74) is 2.17. The lowest BCUT2D eigenvalue weighted by Crippen LogP contribution is -2.22. The molecule has 2 heterocycles. The summed E-state index contributed by atoms with van der Waals surface area (Å²) in [6, 6.07) is 21.0. The van der Waals surface area contributed by atoms with Crippen LogP contribution in [-0.4, -0.2) is 27.9 Å². The highest BCUT2D eigenvalue weighted by Crippen LogP contribution is 2.32. The molecule has 4 aromatic rings. The van der Waals surface area contributed by atoms with Crippen molar-refractivity contribution in [3.63, 3.8) is 0 Å². The minimum atomic E-state index is -4.59. The number of carbonyl (C=O) groups is 1. The lowest BCUT2D eigenvalue weighted by Gasteiger charge is -2.20. The standard InChI is InChI=1S/C27H24F3N5OS/c1-35(17-19-6-3-2-4-7-19)24-14-23(27(28,29)30)33-26(34-24)37-18-20-9-11-22(12-10-20)25(36)32-16-21-8-5-13-31-15-21/h2-15H,16-18H2,1H3,(H,32,36). The molecular formula is C27H24F3N5OS. The molecule has 2 aromatic heterocycles. The predicted molar refractivity (Wildman–Crippen MR) is 137 cm³/mol. The first-order valence-electron chi connectivity index (χ1n) is 11.4. The molecule has 0 fully saturated rings. The average molecular weight is 524 g/mol. The number of nitrogens with one attached hydrogen (secondary N) is 1. The number of amides is 1. The largest absolute Gasteiger partial charge is 0.433 e. The van der Waals surface area contributed by atoms with Crippen molar-refractivity contribution in [1.82, 2.24) is 20.3 Å². The molecular weight excluding hydrogens is 499 g/mol. The smallest absolute Gasteiger partial charge is 0.355 e. The maximum atomic E-state index is 13.5. The molecule has 1 N–H and O–H groups in total. The summed E-state index contributed by atoms with van der Waals surface area (Å²) < 4.78 is 40.6. The van der Waals surface area contributed by atoms with Gasteiger partial charge >= 0.3 is 6.18 Å². The van der Waals surface area contributed by atoms with Gasteiger partial charge in [0.05, 0.1) is 0 Å². The number of halogens is 3. The van der Waals surface area contributed by atoms with Crippen LogP contribution >= 0.6 is 11.8 Å². The fourth-order valence-electron chi connectivity index (χ4n) is 3.44. The van der Waals surface area contributed by atoms with Gasteiger partial charge in [0.1, 0.15) is 5.82 Å². The first-order chi connectivity index (χ1) is 17.8. The molecule has 0 atom stereocenters. The van der Waals surface area contributed by atoms with Crippen LogP contribution in [-0.2, 0) is 25.0 Å². The van der Waals surface area contributed by atoms with Gasteiger partial charge in [0.15, 0.2) is 10.9 Å². The molecule has 0 unspecified atom stereocenters. The molecule has 0 radical (unpaired) electrons. The second-order valence-electron chi connectivity index (χ2n) is 8.26. The summed E-state index contributed by atoms with van der Waals surface area (Å²) in [7, 11) is 1.70. The lowest BCUT2D eigenvalue weighted by molar-refractivity contribution is -0.141. The Morgan fingerprint density at radius 2 is 1.68 bits per heavy atom. The molecule has 0 aliphatic heterocycles. The van der Waals surface area contributed by atoms with E-state index >= 15 is 0 Å². The summed E-state index contributed by atoms with van der Waals surface area (Å²) in [6.07, 6.45) is -1.25. The Morgan fingerprint density at radius 1 is 0.946 bits per heavy atom. The molecule has 0 aliphatic carbocycles. The number of alkyl halides is 3. The van der Waals surface area contributed by atoms with E-state index in [1.54, 1.807) is 54.7 Å². The van der Waals surface area contributed by atoms with Gasteiger partial charge in [-0.3, -0.25) is 9.78 Å². The van der Waals surface area contributed by atoms with Crippen LogP contribution in [0.4, 0.5) is 19.0 Å². The van der Waals surface area contributed by atoms with Crippen molar-refractivity contribution in [3.05, 3.63) is 113 Å². The summed E-state index contributed by atoms with van der Waals surface area (Å²) in [5, 5.41) is 2.86. The van der Waals surface area contributed by atoms with Crippen molar-refractivity contribution in [1.29, 1.82) is 0 Å². The molecule has 0 aliphatic rings. The van der Waals surface area contributed by atoms with E-state index in [-0.39, 0.29) is 16.9 Å². The minimum absolute atomic E-state index is 0.0306. The Balaban J connectivity index is 1.41. The molecule has 1 amide bonds. The number of aromatic nitrogens is 3. The van der Waals surface area contributed by atoms with E-state index in [0.717, 1.165) is 34.5 Å². The number of hydrogen-bond donors (Lipinski definition) is 1. The van der Waals surface area contributed by atoms with Crippen LogP contribution < -0.4 is 10.2 Å². The van der Waals surface area contributed by atoms with Gasteiger partial charge in [-0.2, -0.15) is 13.2 Å². The third kappa shape index (κ3) is 7.53. The Labute approximate surface area is 217 Å². The second-order valence-corrected chi connectivity index (χ2v) is 9.21. The van der Waals surface area contributed by atoms with E-state index in [0.29, 0.717) is 24.4 Å². The van der Waals surface area contributed by atoms with Crippen molar-refractivity contribution < 1.29 is 18.0 Å². The fourth-order valence-corrected chi connectivity index (χ4v) is 4.25. The molecule has 37 heavy (non-hydrogen) atoms. The fraction of sp³-hybridized carbons (Fsp3) is 0.185. The topological polar surface area (TPSA) is 71.0 Å². The SMILES string of the molecule is CN(Cc1ccccc1)c1cc(C(F)(F)F)nc(SCc2ccc(C(=O)NCc3cccnc3)cc2)n1. The van der Waals surface area contributed by atoms with Crippen LogP contribution in [0.2, 0.25) is 0 Å². The molecule has 0 bridgehead atoms. The number of rotatable bonds is 9. The summed E-state index contributed by atoms with van der Waals surface area (Å²) in [4.78, 5) is 26.2. The van der Waals surface area contributed by atoms with Crippen LogP contribution in [0.15, 0.2) is 90.3 Å². The first kappa shape index (κ1) is 26.2. The van der Waals surface area contributed by atoms with Gasteiger partial charge in [-0.25, -0.2) is 9.97 Å². The number of pyridine rings is 1. The second kappa shape index (κ2) is 11.9. The molecule has 0 saturated carbocycles. The summed E-state index contributed by atoms with van der Waals surface area (Å²) in [6.45, 7) is 0.766. The number of nitrogens with zero attached hydrogens (tertiary/aromatic N) is 4. The highest BCUT2D eigenvalue weighted by atomic mass is 32.2. The van der Waals surface area contributed by atoms with Crippen molar-refractivity contribution in [2.45, 2.75) is 30.2 Å². The molecule has 190 valence electrons. The van der Waals surface area contributed by atoms with Gasteiger partial charge in [0.25, 0.3) is 5.91 Å². The van der Waals surface area contributed by atoms with E-state index in [9.17, 15) is 18.0 Å². The van der Waals surface area contributed by atoms with Gasteiger partial charge in [-0.15, -0.1) is 0 Å². The molecule has 6 nitrogen and oxygen atoms in total. The molecule has 10 heteroatoms. The maximum absolute atomic E-state index is 13.5. The molecule has 4 rings (SSSR count). The summed E-state index contributed by atoms with van der Waals surface area (Å²) in [5.74, 6) is 0.311. The number of benzene rings is 2. The zero-order valence-electron chi connectivity index (χ0n) is 19.9. The van der Waals surface area contributed by atoms with Crippen molar-refractivity contribution in [2.24, 2.45) is 0 Å². The molecule has 2 aromatic carbocycles. The third-order valence-corrected chi connectivity index (χ3v) is 6.31. The Kier molecular flexibility index (Phi) is 8.39. The number of hydrogen-bond acceptors (Lipinski definition) is 6. The van der Waals surface area contributed by atoms with Crippen molar-refractivity contribution >= 4 is 23.5 Å². The third-order valence-electron chi connectivity index (χ3n) is 5.40. The zero-order chi connectivity index (χ0) is 26.3. The molecule has 0 saturated heterocycles. The molecule has 0 spiro atoms. The van der Waals surface area contributed by atoms with Gasteiger partial charge in [-0.1, -0.05) is 60.3 Å². The lowest BCUT2D eigenvalue weighted by atomic mass is 10.1. The first-order valence-corrected chi connectivity index (χ1v) is 12.4. The zero-order valence-corrected chi connectivity index (χ0v) is 20.8. The van der Waals surface area contributed by atoms with Crippen LogP contribution in [0, 0.1) is 0 Å². The highest BCUT2D eigenvalue weighted by molar-refractivity contribution is 7.98. The summed E-state index contributed by atoms with van der Waals surface area (Å²) >= 11 is 1.11. The van der Waals surface area contributed by atoms with E-state index in [2.05, 4.69) is 20.3 Å². The van der Waals surface area contributed by atoms with Gasteiger partial charge in [0.2, 0.25) is 0 Å². The monoisotopic (exact) mass is 523 g/mol. The van der Waals surface area contributed by atoms with Crippen LogP contribution in [0.3, 0.4) is 0 Å². The van der Waals surface area contributed by atoms with Gasteiger partial charge < -0.3 is 10.2 Å². The number of anilines is 1. The van der Waals surface area contributed by atoms with Crippen molar-refractivity contribution in [2.75, 3.05) is 11.9 Å². The van der Waals surface area contributed by atoms with E-state index in [4.69, 9.17) is 0 Å². The van der Waals surface area contributed by atoms with Gasteiger partial charge in [-0.05, 0) is 34.9 Å². The van der Waals surface area contributed by atoms with Crippen LogP contribution in [0.1, 0.15) is 32.7 Å². The predicted octanol–water partition coefficient (Wildman–Crippen LogP) is 5.75. The highest BCUT2D eigenvalue weighted by Gasteiger charge is 2.34. The normalized spacial score (nSPS) is 11.2. The Morgan fingerprint density at radius 3 is 2.35 bits per heavy atom. The average Bonchev–Trinajstić information content (AvgIpc) is 2.91. The van der Waals surface area contributed by atoms with Crippen LogP contribution in [0.25, 0.3) is 0 Å². The minimum Gasteiger partial charge on any atom is -0.355 e. The quantitative estimate of drug-likeness (QED) is 0.223. The van der Waals surface area contributed by atoms with E-state index in [1.165, 1.54) is 0 Å².